The summed E-state index contributed by atoms with van der Waals surface area (Å²) >= 11 is 6.09. The average Bonchev–Trinajstić information content (AvgIpc) is 2.68. The second-order valence-corrected chi connectivity index (χ2v) is 8.85. The molecular weight excluding hydrogens is 390 g/mol. The molecule has 0 N–H and O–H groups in total. The minimum absolute atomic E-state index is 0.0812. The third-order valence-electron chi connectivity index (χ3n) is 5.16. The van der Waals surface area contributed by atoms with Crippen molar-refractivity contribution in [3.05, 3.63) is 0 Å². The standard InChI is InChI=1S/C23H44ClNO4/c1-6-8-10-12-14-20(15-13-11-9-7-2)23(27)28-18-21(24)29-22(26)19(3)16-17-25(4)5/h19-21H,6-18H2,1-5H3. The number of carbonyl (C=O) groups is 2. The van der Waals surface area contributed by atoms with E-state index in [4.69, 9.17) is 21.1 Å². The summed E-state index contributed by atoms with van der Waals surface area (Å²) in [6.07, 6.45) is 11.6. The van der Waals surface area contributed by atoms with Gasteiger partial charge in [0.05, 0.1) is 11.8 Å². The molecule has 6 heteroatoms. The monoisotopic (exact) mass is 433 g/mol. The summed E-state index contributed by atoms with van der Waals surface area (Å²) in [7, 11) is 3.92. The van der Waals surface area contributed by atoms with Crippen molar-refractivity contribution in [1.82, 2.24) is 4.90 Å². The Bertz CT molecular complexity index is 419. The van der Waals surface area contributed by atoms with Crippen LogP contribution in [0.1, 0.15) is 91.4 Å². The Labute approximate surface area is 183 Å². The Morgan fingerprint density at radius 2 is 1.41 bits per heavy atom. The Morgan fingerprint density at radius 3 is 1.90 bits per heavy atom. The molecule has 0 aliphatic heterocycles. The molecule has 0 aromatic rings. The van der Waals surface area contributed by atoms with E-state index in [0.29, 0.717) is 6.42 Å². The molecule has 5 nitrogen and oxygen atoms in total. The van der Waals surface area contributed by atoms with Gasteiger partial charge in [0.25, 0.3) is 0 Å². The van der Waals surface area contributed by atoms with Crippen molar-refractivity contribution >= 4 is 23.5 Å². The Kier molecular flexibility index (Phi) is 17.5. The maximum Gasteiger partial charge on any atom is 0.310 e. The Balaban J connectivity index is 4.36. The predicted molar refractivity (Wildman–Crippen MR) is 120 cm³/mol. The van der Waals surface area contributed by atoms with Crippen LogP contribution in [0.15, 0.2) is 0 Å². The van der Waals surface area contributed by atoms with Crippen molar-refractivity contribution < 1.29 is 19.1 Å². The van der Waals surface area contributed by atoms with Crippen molar-refractivity contribution in [2.75, 3.05) is 27.2 Å². The van der Waals surface area contributed by atoms with E-state index in [1.54, 1.807) is 0 Å². The largest absolute Gasteiger partial charge is 0.460 e. The lowest BCUT2D eigenvalue weighted by atomic mass is 9.94. The molecule has 0 spiro atoms. The third kappa shape index (κ3) is 15.7. The normalized spacial score (nSPS) is 13.5. The summed E-state index contributed by atoms with van der Waals surface area (Å²) in [5.41, 5.74) is -0.936. The van der Waals surface area contributed by atoms with Crippen LogP contribution in [0.5, 0.6) is 0 Å². The molecule has 0 aliphatic rings. The van der Waals surface area contributed by atoms with Crippen molar-refractivity contribution in [1.29, 1.82) is 0 Å². The zero-order chi connectivity index (χ0) is 22.1. The van der Waals surface area contributed by atoms with Crippen molar-refractivity contribution in [2.45, 2.75) is 97.0 Å². The van der Waals surface area contributed by atoms with E-state index in [-0.39, 0.29) is 30.4 Å². The quantitative estimate of drug-likeness (QED) is 0.156. The van der Waals surface area contributed by atoms with Gasteiger partial charge >= 0.3 is 11.9 Å². The Hall–Kier alpha value is -0.810. The average molecular weight is 434 g/mol. The summed E-state index contributed by atoms with van der Waals surface area (Å²) in [6, 6.07) is 0. The van der Waals surface area contributed by atoms with Gasteiger partial charge in [-0.25, -0.2) is 0 Å². The van der Waals surface area contributed by atoms with Gasteiger partial charge in [-0.3, -0.25) is 9.59 Å². The van der Waals surface area contributed by atoms with Crippen molar-refractivity contribution in [3.8, 4) is 0 Å². The van der Waals surface area contributed by atoms with Gasteiger partial charge in [0, 0.05) is 0 Å². The van der Waals surface area contributed by atoms with Crippen LogP contribution >= 0.6 is 11.6 Å². The van der Waals surface area contributed by atoms with Gasteiger partial charge < -0.3 is 14.4 Å². The SMILES string of the molecule is CCCCCCC(CCCCCC)C(=O)OCC(Cl)OC(=O)C(C)CCN(C)C. The molecule has 2 unspecified atom stereocenters. The van der Waals surface area contributed by atoms with E-state index in [0.717, 1.165) is 45.1 Å². The number of alkyl halides is 1. The van der Waals surface area contributed by atoms with Crippen LogP contribution in [0.2, 0.25) is 0 Å². The summed E-state index contributed by atoms with van der Waals surface area (Å²) in [5, 5.41) is 0. The van der Waals surface area contributed by atoms with Gasteiger partial charge in [-0.15, -0.1) is 0 Å². The van der Waals surface area contributed by atoms with Gasteiger partial charge in [-0.2, -0.15) is 0 Å². The van der Waals surface area contributed by atoms with E-state index >= 15 is 0 Å². The fraction of sp³-hybridized carbons (Fsp3) is 0.913. The summed E-state index contributed by atoms with van der Waals surface area (Å²) in [4.78, 5) is 26.6. The van der Waals surface area contributed by atoms with Crippen LogP contribution in [-0.4, -0.2) is 49.6 Å². The number of carbonyl (C=O) groups excluding carboxylic acids is 2. The highest BCUT2D eigenvalue weighted by Gasteiger charge is 2.23. The number of hydrogen-bond donors (Lipinski definition) is 0. The number of rotatable bonds is 18. The Morgan fingerprint density at radius 1 is 0.862 bits per heavy atom. The molecule has 0 aromatic carbocycles. The number of esters is 2. The first-order valence-electron chi connectivity index (χ1n) is 11.5. The van der Waals surface area contributed by atoms with Crippen molar-refractivity contribution in [3.63, 3.8) is 0 Å². The molecular formula is C23H44ClNO4. The molecule has 2 atom stereocenters. The fourth-order valence-electron chi connectivity index (χ4n) is 3.13. The minimum atomic E-state index is -0.936. The summed E-state index contributed by atoms with van der Waals surface area (Å²) < 4.78 is 10.6. The summed E-state index contributed by atoms with van der Waals surface area (Å²) in [6.45, 7) is 6.90. The first kappa shape index (κ1) is 28.2. The lowest BCUT2D eigenvalue weighted by Crippen LogP contribution is -2.27. The molecule has 29 heavy (non-hydrogen) atoms. The number of hydrogen-bond acceptors (Lipinski definition) is 5. The molecule has 0 aliphatic carbocycles. The highest BCUT2D eigenvalue weighted by molar-refractivity contribution is 6.20. The number of nitrogens with zero attached hydrogens (tertiary/aromatic N) is 1. The van der Waals surface area contributed by atoms with E-state index in [2.05, 4.69) is 13.8 Å². The van der Waals surface area contributed by atoms with Crippen LogP contribution in [0.25, 0.3) is 0 Å². The third-order valence-corrected chi connectivity index (χ3v) is 5.37. The second-order valence-electron chi connectivity index (χ2n) is 8.37. The minimum Gasteiger partial charge on any atom is -0.460 e. The van der Waals surface area contributed by atoms with Crippen LogP contribution in [-0.2, 0) is 19.1 Å². The zero-order valence-corrected chi connectivity index (χ0v) is 20.1. The highest BCUT2D eigenvalue weighted by Crippen LogP contribution is 2.20. The molecule has 0 heterocycles. The van der Waals surface area contributed by atoms with Gasteiger partial charge in [0.1, 0.15) is 6.61 Å². The molecule has 172 valence electrons. The van der Waals surface area contributed by atoms with E-state index in [1.165, 1.54) is 25.7 Å². The van der Waals surface area contributed by atoms with E-state index in [9.17, 15) is 9.59 Å². The van der Waals surface area contributed by atoms with E-state index < -0.39 is 5.56 Å². The summed E-state index contributed by atoms with van der Waals surface area (Å²) in [5.74, 6) is -0.875. The molecule has 0 fully saturated rings. The van der Waals surface area contributed by atoms with Crippen LogP contribution in [0.3, 0.4) is 0 Å². The van der Waals surface area contributed by atoms with Gasteiger partial charge in [0.15, 0.2) is 0 Å². The first-order chi connectivity index (χ1) is 13.8. The lowest BCUT2D eigenvalue weighted by molar-refractivity contribution is -0.159. The van der Waals surface area contributed by atoms with E-state index in [1.807, 2.05) is 25.9 Å². The predicted octanol–water partition coefficient (Wildman–Crippen LogP) is 5.78. The smallest absolute Gasteiger partial charge is 0.310 e. The first-order valence-corrected chi connectivity index (χ1v) is 11.9. The molecule has 0 saturated heterocycles. The lowest BCUT2D eigenvalue weighted by Gasteiger charge is -2.19. The van der Waals surface area contributed by atoms with Crippen LogP contribution in [0.4, 0.5) is 0 Å². The molecule has 0 amide bonds. The van der Waals surface area contributed by atoms with Crippen LogP contribution in [0, 0.1) is 11.8 Å². The molecule has 0 radical (unpaired) electrons. The van der Waals surface area contributed by atoms with Gasteiger partial charge in [-0.05, 0) is 39.9 Å². The number of unbranched alkanes of at least 4 members (excludes halogenated alkanes) is 6. The van der Waals surface area contributed by atoms with Crippen molar-refractivity contribution in [2.24, 2.45) is 11.8 Å². The van der Waals surface area contributed by atoms with Crippen LogP contribution < -0.4 is 0 Å². The number of ether oxygens (including phenoxy) is 2. The molecule has 0 rings (SSSR count). The fourth-order valence-corrected chi connectivity index (χ4v) is 3.28. The zero-order valence-electron chi connectivity index (χ0n) is 19.4. The maximum absolute atomic E-state index is 12.5. The number of halogens is 1. The van der Waals surface area contributed by atoms with Gasteiger partial charge in [-0.1, -0.05) is 83.7 Å². The molecule has 0 aromatic heterocycles. The molecule has 0 saturated carbocycles. The van der Waals surface area contributed by atoms with Gasteiger partial charge in [0.2, 0.25) is 5.56 Å². The maximum atomic E-state index is 12.5. The molecule has 0 bridgehead atoms. The highest BCUT2D eigenvalue weighted by atomic mass is 35.5. The second kappa shape index (κ2) is 18.0. The topological polar surface area (TPSA) is 55.8 Å².